The van der Waals surface area contributed by atoms with Gasteiger partial charge in [0, 0.05) is 40.9 Å². The van der Waals surface area contributed by atoms with E-state index in [9.17, 15) is 10.2 Å². The van der Waals surface area contributed by atoms with E-state index < -0.39 is 0 Å². The minimum atomic E-state index is -0.203. The van der Waals surface area contributed by atoms with Crippen molar-refractivity contribution < 1.29 is 14.7 Å². The monoisotopic (exact) mass is 678 g/mol. The molecule has 50 heavy (non-hydrogen) atoms. The number of aromatic hydroxyl groups is 2. The summed E-state index contributed by atoms with van der Waals surface area (Å²) in [5.41, 5.74) is 8.49. The fraction of sp³-hybridized carbons (Fsp3) is 0.478. The standard InChI is InChI=1S/C46H64N2O2/c1-43(2,3)37-25-35(41(49)39(27-37)45(7,8)9)29-47-23-24-48(30-33-19-15-13-16-20-33,31-34-21-17-14-18-22-34)32-36-26-38(44(4,5)6)28-40(42(36)50)46(10,11)12/h13-22,25-28,47H,23-24,29-32H2,1-12H3,(H-,49,50)/p+1. The Bertz CT molecular complexity index is 1670. The summed E-state index contributed by atoms with van der Waals surface area (Å²) >= 11 is 0. The molecule has 0 heterocycles. The Kier molecular flexibility index (Phi) is 11.7. The number of quaternary nitrogens is 1. The molecule has 4 rings (SSSR count). The van der Waals surface area contributed by atoms with Crippen molar-refractivity contribution in [3.8, 4) is 11.5 Å². The Morgan fingerprint density at radius 1 is 0.500 bits per heavy atom. The van der Waals surface area contributed by atoms with Crippen molar-refractivity contribution in [3.63, 3.8) is 0 Å². The topological polar surface area (TPSA) is 52.5 Å². The second kappa shape index (κ2) is 14.9. The number of phenols is 2. The minimum Gasteiger partial charge on any atom is -0.507 e. The molecule has 270 valence electrons. The lowest BCUT2D eigenvalue weighted by molar-refractivity contribution is -0.965. The van der Waals surface area contributed by atoms with Crippen LogP contribution in [0.4, 0.5) is 0 Å². The fourth-order valence-corrected chi connectivity index (χ4v) is 6.90. The van der Waals surface area contributed by atoms with Crippen LogP contribution in [0.3, 0.4) is 0 Å². The van der Waals surface area contributed by atoms with Crippen molar-refractivity contribution >= 4 is 0 Å². The second-order valence-electron chi connectivity index (χ2n) is 18.8. The quantitative estimate of drug-likeness (QED) is 0.109. The number of hydrogen-bond acceptors (Lipinski definition) is 3. The highest BCUT2D eigenvalue weighted by atomic mass is 16.3. The number of rotatable bonds is 11. The molecule has 4 aromatic carbocycles. The van der Waals surface area contributed by atoms with Crippen LogP contribution in [0.25, 0.3) is 0 Å². The van der Waals surface area contributed by atoms with Crippen LogP contribution >= 0.6 is 0 Å². The van der Waals surface area contributed by atoms with E-state index in [1.165, 1.54) is 22.3 Å². The van der Waals surface area contributed by atoms with Crippen molar-refractivity contribution in [2.24, 2.45) is 0 Å². The number of benzene rings is 4. The van der Waals surface area contributed by atoms with Gasteiger partial charge in [-0.15, -0.1) is 0 Å². The van der Waals surface area contributed by atoms with E-state index in [1.54, 1.807) is 0 Å². The molecule has 0 aliphatic heterocycles. The molecule has 0 fully saturated rings. The zero-order valence-electron chi connectivity index (χ0n) is 33.2. The second-order valence-corrected chi connectivity index (χ2v) is 18.8. The van der Waals surface area contributed by atoms with Crippen molar-refractivity contribution in [1.82, 2.24) is 5.32 Å². The highest BCUT2D eigenvalue weighted by Crippen LogP contribution is 2.40. The third kappa shape index (κ3) is 10.0. The average molecular weight is 678 g/mol. The number of nitrogens with one attached hydrogen (secondary N) is 1. The lowest BCUT2D eigenvalue weighted by Gasteiger charge is -2.40. The Morgan fingerprint density at radius 2 is 0.900 bits per heavy atom. The van der Waals surface area contributed by atoms with Gasteiger partial charge in [-0.2, -0.15) is 0 Å². The summed E-state index contributed by atoms with van der Waals surface area (Å²) in [6.07, 6.45) is 0. The molecule has 0 radical (unpaired) electrons. The molecule has 0 saturated carbocycles. The van der Waals surface area contributed by atoms with Crippen molar-refractivity contribution in [1.29, 1.82) is 0 Å². The van der Waals surface area contributed by atoms with Crippen LogP contribution in [0.1, 0.15) is 128 Å². The summed E-state index contributed by atoms with van der Waals surface area (Å²) in [7, 11) is 0. The van der Waals surface area contributed by atoms with E-state index in [1.807, 2.05) is 0 Å². The van der Waals surface area contributed by atoms with E-state index >= 15 is 0 Å². The first kappa shape index (κ1) is 39.2. The summed E-state index contributed by atoms with van der Waals surface area (Å²) in [5, 5.41) is 27.3. The van der Waals surface area contributed by atoms with Crippen LogP contribution in [-0.4, -0.2) is 27.8 Å². The first-order chi connectivity index (χ1) is 23.1. The van der Waals surface area contributed by atoms with Gasteiger partial charge in [0.1, 0.15) is 31.1 Å². The summed E-state index contributed by atoms with van der Waals surface area (Å²) < 4.78 is 0.729. The van der Waals surface area contributed by atoms with Crippen LogP contribution in [-0.2, 0) is 47.8 Å². The maximum absolute atomic E-state index is 12.0. The Balaban J connectivity index is 1.78. The van der Waals surface area contributed by atoms with Crippen LogP contribution in [0, 0.1) is 0 Å². The normalized spacial score (nSPS) is 13.1. The Morgan fingerprint density at radius 3 is 1.30 bits per heavy atom. The molecule has 4 heteroatoms. The number of phenolic OH excluding ortho intramolecular Hbond substituents is 2. The zero-order chi connectivity index (χ0) is 37.1. The molecule has 4 nitrogen and oxygen atoms in total. The highest BCUT2D eigenvalue weighted by Gasteiger charge is 2.33. The Labute approximate surface area is 304 Å². The Hall–Kier alpha value is -3.60. The SMILES string of the molecule is CC(C)(C)c1cc(CNCC[N+](Cc2ccccc2)(Cc2ccccc2)Cc2cc(C(C)(C)C)cc(C(C)(C)C)c2O)c(O)c(C(C)(C)C)c1. The van der Waals surface area contributed by atoms with Gasteiger partial charge in [0.05, 0.1) is 6.54 Å². The lowest BCUT2D eigenvalue weighted by atomic mass is 9.78. The third-order valence-corrected chi connectivity index (χ3v) is 10.0. The third-order valence-electron chi connectivity index (χ3n) is 10.0. The highest BCUT2D eigenvalue weighted by molar-refractivity contribution is 5.49. The molecular formula is C46H65N2O2+. The largest absolute Gasteiger partial charge is 0.507 e. The molecule has 0 unspecified atom stereocenters. The molecule has 0 amide bonds. The van der Waals surface area contributed by atoms with E-state index in [0.717, 1.165) is 52.9 Å². The predicted molar refractivity (Wildman–Crippen MR) is 212 cm³/mol. The summed E-state index contributed by atoms with van der Waals surface area (Å²) in [6, 6.07) is 30.4. The molecule has 0 bridgehead atoms. The summed E-state index contributed by atoms with van der Waals surface area (Å²) in [5.74, 6) is 0.812. The van der Waals surface area contributed by atoms with E-state index in [4.69, 9.17) is 0 Å². The van der Waals surface area contributed by atoms with E-state index in [-0.39, 0.29) is 21.7 Å². The molecule has 0 aliphatic carbocycles. The van der Waals surface area contributed by atoms with Crippen LogP contribution in [0.5, 0.6) is 11.5 Å². The van der Waals surface area contributed by atoms with E-state index in [2.05, 4.69) is 173 Å². The zero-order valence-corrected chi connectivity index (χ0v) is 33.2. The van der Waals surface area contributed by atoms with Gasteiger partial charge in [-0.25, -0.2) is 0 Å². The number of hydrogen-bond donors (Lipinski definition) is 3. The van der Waals surface area contributed by atoms with Crippen molar-refractivity contribution in [3.05, 3.63) is 129 Å². The molecule has 3 N–H and O–H groups in total. The van der Waals surface area contributed by atoms with Crippen LogP contribution < -0.4 is 5.32 Å². The molecular weight excluding hydrogens is 613 g/mol. The van der Waals surface area contributed by atoms with Gasteiger partial charge in [0.2, 0.25) is 0 Å². The van der Waals surface area contributed by atoms with Crippen LogP contribution in [0.2, 0.25) is 0 Å². The van der Waals surface area contributed by atoms with Gasteiger partial charge < -0.3 is 20.0 Å². The molecule has 0 spiro atoms. The van der Waals surface area contributed by atoms with Gasteiger partial charge >= 0.3 is 0 Å². The summed E-state index contributed by atoms with van der Waals surface area (Å²) in [4.78, 5) is 0. The van der Waals surface area contributed by atoms with Crippen molar-refractivity contribution in [2.75, 3.05) is 13.1 Å². The lowest BCUT2D eigenvalue weighted by Crippen LogP contribution is -2.49. The van der Waals surface area contributed by atoms with Gasteiger partial charge in [-0.3, -0.25) is 0 Å². The smallest absolute Gasteiger partial charge is 0.128 e. The number of nitrogens with zero attached hydrogens (tertiary/aromatic N) is 1. The first-order valence-electron chi connectivity index (χ1n) is 18.5. The van der Waals surface area contributed by atoms with Gasteiger partial charge in [0.15, 0.2) is 0 Å². The average Bonchev–Trinajstić information content (AvgIpc) is 2.99. The minimum absolute atomic E-state index is 0.0324. The molecule has 0 saturated heterocycles. The molecule has 0 aliphatic rings. The van der Waals surface area contributed by atoms with Gasteiger partial charge in [0.25, 0.3) is 0 Å². The van der Waals surface area contributed by atoms with Gasteiger partial charge in [-0.05, 0) is 44.4 Å². The maximum Gasteiger partial charge on any atom is 0.128 e. The fourth-order valence-electron chi connectivity index (χ4n) is 6.90. The van der Waals surface area contributed by atoms with E-state index in [0.29, 0.717) is 24.6 Å². The maximum atomic E-state index is 12.0. The summed E-state index contributed by atoms with van der Waals surface area (Å²) in [6.45, 7) is 31.0. The van der Waals surface area contributed by atoms with Crippen molar-refractivity contribution in [2.45, 2.75) is 131 Å². The molecule has 0 atom stereocenters. The first-order valence-corrected chi connectivity index (χ1v) is 18.5. The predicted octanol–water partition coefficient (Wildman–Crippen LogP) is 10.8. The molecule has 4 aromatic rings. The van der Waals surface area contributed by atoms with Crippen LogP contribution in [0.15, 0.2) is 84.9 Å². The molecule has 0 aromatic heterocycles. The van der Waals surface area contributed by atoms with Gasteiger partial charge in [-0.1, -0.05) is 162 Å².